The predicted molar refractivity (Wildman–Crippen MR) is 77.0 cm³/mol. The Morgan fingerprint density at radius 3 is 2.48 bits per heavy atom. The molecule has 1 aromatic carbocycles. The number of para-hydroxylation sites is 2. The van der Waals surface area contributed by atoms with Crippen molar-refractivity contribution >= 4 is 22.6 Å². The summed E-state index contributed by atoms with van der Waals surface area (Å²) in [7, 11) is -2.94. The van der Waals surface area contributed by atoms with Crippen LogP contribution in [0.15, 0.2) is 29.8 Å². The number of aryl methyl sites for hydroxylation is 2. The fourth-order valence-corrected chi connectivity index (χ4v) is 2.98. The average molecular weight is 371 g/mol. The van der Waals surface area contributed by atoms with E-state index in [0.29, 0.717) is 6.61 Å². The van der Waals surface area contributed by atoms with E-state index in [2.05, 4.69) is 21.3 Å². The number of ether oxygens (including phenoxy) is 1. The van der Waals surface area contributed by atoms with Crippen LogP contribution in [-0.2, 0) is 23.1 Å². The van der Waals surface area contributed by atoms with Crippen molar-refractivity contribution in [2.75, 3.05) is 6.61 Å². The van der Waals surface area contributed by atoms with E-state index in [1.54, 1.807) is 0 Å². The Labute approximate surface area is 146 Å². The minimum absolute atomic E-state index is 0.218. The Morgan fingerprint density at radius 1 is 1.28 bits per heavy atom. The van der Waals surface area contributed by atoms with Crippen molar-refractivity contribution in [2.24, 2.45) is 7.05 Å². The number of aromatic nitrogens is 2. The number of carbonyl (C=O) groups excluding carboxylic acids is 1. The highest BCUT2D eigenvalue weighted by molar-refractivity contribution is 6.16. The molecular formula is C16H19ClN2O6. The second-order valence-electron chi connectivity index (χ2n) is 5.53. The van der Waals surface area contributed by atoms with Crippen molar-refractivity contribution in [1.29, 1.82) is 0 Å². The minimum Gasteiger partial charge on any atom is -0.462 e. The van der Waals surface area contributed by atoms with Gasteiger partial charge in [-0.05, 0) is 31.6 Å². The number of rotatable bonds is 2. The molecule has 1 aromatic heterocycles. The molecule has 3 rings (SSSR count). The van der Waals surface area contributed by atoms with Gasteiger partial charge >= 0.3 is 5.97 Å². The first kappa shape index (κ1) is 19.4. The van der Waals surface area contributed by atoms with Crippen LogP contribution in [0.25, 0.3) is 16.6 Å². The molecule has 9 heteroatoms. The highest BCUT2D eigenvalue weighted by Gasteiger charge is 2.34. The van der Waals surface area contributed by atoms with Crippen LogP contribution in [0.3, 0.4) is 0 Å². The van der Waals surface area contributed by atoms with Gasteiger partial charge in [-0.25, -0.2) is 32.6 Å². The van der Waals surface area contributed by atoms with Gasteiger partial charge in [0, 0.05) is 6.42 Å². The Hall–Kier alpha value is -1.97. The molecule has 0 bridgehead atoms. The molecule has 1 aliphatic heterocycles. The summed E-state index contributed by atoms with van der Waals surface area (Å²) in [5.74, 6) is 0.734. The third-order valence-corrected chi connectivity index (χ3v) is 3.95. The standard InChI is InChI=1S/C16H19N2O2.ClHO4/c1-4-20-16(19)14-11(2)9-10-18-13-8-6-5-7-12(13)17(3)15(14)18;2-1(3,4)5/h5-8H,4,9-10H2,1-3H3;(H,2,3,4,5)/q+1;/p-1. The summed E-state index contributed by atoms with van der Waals surface area (Å²) in [4.78, 5) is 12.3. The third kappa shape index (κ3) is 4.36. The molecule has 0 spiro atoms. The molecule has 0 unspecified atom stereocenters. The molecule has 8 nitrogen and oxygen atoms in total. The predicted octanol–water partition coefficient (Wildman–Crippen LogP) is -2.55. The number of imidazole rings is 1. The van der Waals surface area contributed by atoms with Crippen LogP contribution in [0, 0.1) is 10.2 Å². The zero-order chi connectivity index (χ0) is 18.8. The van der Waals surface area contributed by atoms with Crippen LogP contribution in [0.2, 0.25) is 0 Å². The quantitative estimate of drug-likeness (QED) is 0.423. The van der Waals surface area contributed by atoms with Gasteiger partial charge in [-0.15, -0.1) is 10.2 Å². The van der Waals surface area contributed by atoms with Crippen molar-refractivity contribution in [1.82, 2.24) is 4.57 Å². The molecule has 0 radical (unpaired) electrons. The van der Waals surface area contributed by atoms with Gasteiger partial charge in [0.1, 0.15) is 5.57 Å². The summed E-state index contributed by atoms with van der Waals surface area (Å²) in [6, 6.07) is 8.24. The lowest BCUT2D eigenvalue weighted by Crippen LogP contribution is -2.68. The van der Waals surface area contributed by atoms with Crippen LogP contribution in [0.1, 0.15) is 26.1 Å². The second kappa shape index (κ2) is 7.51. The van der Waals surface area contributed by atoms with Gasteiger partial charge in [-0.3, -0.25) is 0 Å². The Bertz CT molecular complexity index is 816. The van der Waals surface area contributed by atoms with Gasteiger partial charge in [-0.2, -0.15) is 0 Å². The SMILES string of the molecule is CCOC(=O)C1=C(C)CC[n+]2c1n(C)c1ccccc12.[O-][Cl+3]([O-])([O-])[O-]. The third-order valence-electron chi connectivity index (χ3n) is 3.95. The van der Waals surface area contributed by atoms with E-state index in [1.807, 2.05) is 33.0 Å². The lowest BCUT2D eigenvalue weighted by molar-refractivity contribution is -2.00. The van der Waals surface area contributed by atoms with Gasteiger partial charge in [0.15, 0.2) is 11.0 Å². The Kier molecular flexibility index (Phi) is 5.81. The zero-order valence-corrected chi connectivity index (χ0v) is 14.9. The smallest absolute Gasteiger partial charge is 0.346 e. The van der Waals surface area contributed by atoms with Crippen molar-refractivity contribution < 1.29 is 43.0 Å². The van der Waals surface area contributed by atoms with Gasteiger partial charge in [-0.1, -0.05) is 12.1 Å². The fourth-order valence-electron chi connectivity index (χ4n) is 2.98. The van der Waals surface area contributed by atoms with Crippen LogP contribution in [0.4, 0.5) is 0 Å². The summed E-state index contributed by atoms with van der Waals surface area (Å²) in [5.41, 5.74) is 4.13. The number of fused-ring (bicyclic) bond motifs is 3. The first-order chi connectivity index (χ1) is 11.6. The van der Waals surface area contributed by atoms with Gasteiger partial charge < -0.3 is 4.74 Å². The lowest BCUT2D eigenvalue weighted by atomic mass is 10.0. The number of hydrogen-bond acceptors (Lipinski definition) is 6. The van der Waals surface area contributed by atoms with Crippen LogP contribution in [0.5, 0.6) is 0 Å². The molecule has 136 valence electrons. The molecule has 0 N–H and O–H groups in total. The molecule has 0 amide bonds. The highest BCUT2D eigenvalue weighted by atomic mass is 35.7. The second-order valence-corrected chi connectivity index (χ2v) is 6.28. The summed E-state index contributed by atoms with van der Waals surface area (Å²) >= 11 is 0. The number of allylic oxidation sites excluding steroid dienone is 1. The minimum atomic E-state index is -4.94. The molecule has 0 saturated heterocycles. The topological polar surface area (TPSA) is 127 Å². The van der Waals surface area contributed by atoms with E-state index in [4.69, 9.17) is 23.4 Å². The van der Waals surface area contributed by atoms with Crippen LogP contribution < -0.4 is 23.2 Å². The highest BCUT2D eigenvalue weighted by Crippen LogP contribution is 2.27. The molecule has 2 aromatic rings. The monoisotopic (exact) mass is 370 g/mol. The van der Waals surface area contributed by atoms with E-state index in [-0.39, 0.29) is 5.97 Å². The van der Waals surface area contributed by atoms with E-state index < -0.39 is 10.2 Å². The maximum Gasteiger partial charge on any atom is 0.346 e. The summed E-state index contributed by atoms with van der Waals surface area (Å²) < 4.78 is 43.5. The average Bonchev–Trinajstić information content (AvgIpc) is 2.79. The lowest BCUT2D eigenvalue weighted by Gasteiger charge is -2.17. The number of esters is 1. The first-order valence-electron chi connectivity index (χ1n) is 7.61. The van der Waals surface area contributed by atoms with E-state index in [1.165, 1.54) is 5.52 Å². The maximum absolute atomic E-state index is 12.3. The van der Waals surface area contributed by atoms with Gasteiger partial charge in [0.05, 0.1) is 20.2 Å². The van der Waals surface area contributed by atoms with E-state index >= 15 is 0 Å². The molecule has 0 atom stereocenters. The van der Waals surface area contributed by atoms with Gasteiger partial charge in [0.25, 0.3) is 5.82 Å². The molecule has 0 fully saturated rings. The number of nitrogens with zero attached hydrogens (tertiary/aromatic N) is 2. The molecule has 2 heterocycles. The summed E-state index contributed by atoms with van der Waals surface area (Å²) in [6.07, 6.45) is 0.889. The molecule has 0 saturated carbocycles. The number of carbonyl (C=O) groups is 1. The van der Waals surface area contributed by atoms with Crippen LogP contribution in [-0.4, -0.2) is 17.1 Å². The molecule has 1 aliphatic rings. The Morgan fingerprint density at radius 2 is 1.88 bits per heavy atom. The van der Waals surface area contributed by atoms with Crippen molar-refractivity contribution in [3.05, 3.63) is 35.7 Å². The number of benzene rings is 1. The zero-order valence-electron chi connectivity index (χ0n) is 14.2. The van der Waals surface area contributed by atoms with Crippen molar-refractivity contribution in [3.63, 3.8) is 0 Å². The maximum atomic E-state index is 12.3. The Balaban J connectivity index is 0.000000399. The van der Waals surface area contributed by atoms with Gasteiger partial charge in [0.2, 0.25) is 0 Å². The van der Waals surface area contributed by atoms with E-state index in [9.17, 15) is 4.79 Å². The first-order valence-corrected chi connectivity index (χ1v) is 8.84. The fraction of sp³-hybridized carbons (Fsp3) is 0.375. The number of halogens is 1. The number of hydrogen-bond donors (Lipinski definition) is 0. The largest absolute Gasteiger partial charge is 0.462 e. The normalized spacial score (nSPS) is 14.0. The molecule has 0 aliphatic carbocycles. The summed E-state index contributed by atoms with van der Waals surface area (Å²) in [6.45, 7) is 5.17. The summed E-state index contributed by atoms with van der Waals surface area (Å²) in [5, 5.41) is 0. The van der Waals surface area contributed by atoms with E-state index in [0.717, 1.165) is 35.5 Å². The van der Waals surface area contributed by atoms with Crippen molar-refractivity contribution in [2.45, 2.75) is 26.8 Å². The van der Waals surface area contributed by atoms with Crippen LogP contribution >= 0.6 is 0 Å². The molecule has 25 heavy (non-hydrogen) atoms. The van der Waals surface area contributed by atoms with Crippen molar-refractivity contribution in [3.8, 4) is 0 Å². The molecular weight excluding hydrogens is 352 g/mol.